The SMILES string of the molecule is Cc1ccc(N)c(N2CCCSCC2)c1. The zero-order valence-electron chi connectivity index (χ0n) is 9.20. The molecule has 2 rings (SSSR count). The number of rotatable bonds is 1. The molecule has 1 aliphatic rings. The lowest BCUT2D eigenvalue weighted by Crippen LogP contribution is -2.26. The number of benzene rings is 1. The number of nitrogen functional groups attached to an aromatic ring is 1. The zero-order chi connectivity index (χ0) is 10.7. The van der Waals surface area contributed by atoms with Crippen molar-refractivity contribution in [2.24, 2.45) is 0 Å². The fourth-order valence-corrected chi connectivity index (χ4v) is 2.80. The first kappa shape index (κ1) is 10.7. The molecule has 3 heteroatoms. The lowest BCUT2D eigenvalue weighted by Gasteiger charge is -2.24. The fourth-order valence-electron chi connectivity index (χ4n) is 1.91. The predicted octanol–water partition coefficient (Wildman–Crippen LogP) is 2.52. The predicted molar refractivity (Wildman–Crippen MR) is 69.7 cm³/mol. The summed E-state index contributed by atoms with van der Waals surface area (Å²) in [4.78, 5) is 2.42. The molecule has 0 aromatic heterocycles. The van der Waals surface area contributed by atoms with Gasteiger partial charge >= 0.3 is 0 Å². The molecule has 15 heavy (non-hydrogen) atoms. The second-order valence-corrected chi connectivity index (χ2v) is 5.24. The summed E-state index contributed by atoms with van der Waals surface area (Å²) in [5.41, 5.74) is 9.44. The summed E-state index contributed by atoms with van der Waals surface area (Å²) in [7, 11) is 0. The summed E-state index contributed by atoms with van der Waals surface area (Å²) in [6.07, 6.45) is 1.26. The molecule has 0 saturated carbocycles. The van der Waals surface area contributed by atoms with E-state index in [-0.39, 0.29) is 0 Å². The topological polar surface area (TPSA) is 29.3 Å². The van der Waals surface area contributed by atoms with Crippen LogP contribution in [0.4, 0.5) is 11.4 Å². The van der Waals surface area contributed by atoms with Crippen molar-refractivity contribution in [2.45, 2.75) is 13.3 Å². The summed E-state index contributed by atoms with van der Waals surface area (Å²) in [5, 5.41) is 0. The second-order valence-electron chi connectivity index (χ2n) is 4.02. The third kappa shape index (κ3) is 2.59. The average molecular weight is 222 g/mol. The van der Waals surface area contributed by atoms with Crippen LogP contribution in [0.5, 0.6) is 0 Å². The van der Waals surface area contributed by atoms with Crippen molar-refractivity contribution >= 4 is 23.1 Å². The van der Waals surface area contributed by atoms with Gasteiger partial charge in [0, 0.05) is 18.8 Å². The van der Waals surface area contributed by atoms with Crippen molar-refractivity contribution in [3.8, 4) is 0 Å². The Morgan fingerprint density at radius 2 is 2.13 bits per heavy atom. The molecule has 1 aromatic rings. The molecule has 2 nitrogen and oxygen atoms in total. The molecule has 0 aliphatic carbocycles. The van der Waals surface area contributed by atoms with E-state index < -0.39 is 0 Å². The molecule has 0 radical (unpaired) electrons. The largest absolute Gasteiger partial charge is 0.397 e. The zero-order valence-corrected chi connectivity index (χ0v) is 10.0. The van der Waals surface area contributed by atoms with Gasteiger partial charge in [-0.2, -0.15) is 11.8 Å². The lowest BCUT2D eigenvalue weighted by atomic mass is 10.1. The van der Waals surface area contributed by atoms with Crippen molar-refractivity contribution in [3.63, 3.8) is 0 Å². The Balaban J connectivity index is 2.22. The molecule has 0 atom stereocenters. The molecule has 0 amide bonds. The van der Waals surface area contributed by atoms with E-state index in [1.54, 1.807) is 0 Å². The quantitative estimate of drug-likeness (QED) is 0.740. The van der Waals surface area contributed by atoms with Gasteiger partial charge in [0.05, 0.1) is 11.4 Å². The first-order valence-electron chi connectivity index (χ1n) is 5.46. The van der Waals surface area contributed by atoms with Gasteiger partial charge in [-0.05, 0) is 36.8 Å². The van der Waals surface area contributed by atoms with Crippen LogP contribution in [0.2, 0.25) is 0 Å². The van der Waals surface area contributed by atoms with E-state index in [1.165, 1.54) is 29.2 Å². The highest BCUT2D eigenvalue weighted by molar-refractivity contribution is 7.99. The Morgan fingerprint density at radius 1 is 1.27 bits per heavy atom. The van der Waals surface area contributed by atoms with Crippen LogP contribution in [0.3, 0.4) is 0 Å². The molecular formula is C12H18N2S. The normalized spacial score (nSPS) is 17.5. The van der Waals surface area contributed by atoms with E-state index in [1.807, 2.05) is 17.8 Å². The maximum absolute atomic E-state index is 6.02. The van der Waals surface area contributed by atoms with Gasteiger partial charge in [0.25, 0.3) is 0 Å². The fraction of sp³-hybridized carbons (Fsp3) is 0.500. The molecule has 2 N–H and O–H groups in total. The summed E-state index contributed by atoms with van der Waals surface area (Å²) in [6.45, 7) is 4.38. The Morgan fingerprint density at radius 3 is 3.00 bits per heavy atom. The number of nitrogens with two attached hydrogens (primary N) is 1. The third-order valence-electron chi connectivity index (χ3n) is 2.75. The lowest BCUT2D eigenvalue weighted by molar-refractivity contribution is 0.817. The molecule has 1 fully saturated rings. The van der Waals surface area contributed by atoms with Crippen LogP contribution in [-0.2, 0) is 0 Å². The van der Waals surface area contributed by atoms with Crippen LogP contribution in [-0.4, -0.2) is 24.6 Å². The number of hydrogen-bond donors (Lipinski definition) is 1. The summed E-state index contributed by atoms with van der Waals surface area (Å²) in [6, 6.07) is 6.29. The van der Waals surface area contributed by atoms with E-state index in [2.05, 4.69) is 24.0 Å². The minimum Gasteiger partial charge on any atom is -0.397 e. The van der Waals surface area contributed by atoms with E-state index in [0.717, 1.165) is 18.8 Å². The van der Waals surface area contributed by atoms with Gasteiger partial charge in [0.15, 0.2) is 0 Å². The summed E-state index contributed by atoms with van der Waals surface area (Å²) < 4.78 is 0. The summed E-state index contributed by atoms with van der Waals surface area (Å²) in [5.74, 6) is 2.50. The van der Waals surface area contributed by atoms with E-state index >= 15 is 0 Å². The van der Waals surface area contributed by atoms with E-state index in [0.29, 0.717) is 0 Å². The van der Waals surface area contributed by atoms with Crippen LogP contribution in [0.1, 0.15) is 12.0 Å². The number of nitrogens with zero attached hydrogens (tertiary/aromatic N) is 1. The molecule has 1 heterocycles. The van der Waals surface area contributed by atoms with Crippen LogP contribution >= 0.6 is 11.8 Å². The first-order valence-corrected chi connectivity index (χ1v) is 6.61. The number of anilines is 2. The van der Waals surface area contributed by atoms with Gasteiger partial charge in [-0.15, -0.1) is 0 Å². The summed E-state index contributed by atoms with van der Waals surface area (Å²) >= 11 is 2.04. The molecule has 0 spiro atoms. The van der Waals surface area contributed by atoms with Gasteiger partial charge in [-0.1, -0.05) is 6.07 Å². The van der Waals surface area contributed by atoms with Crippen LogP contribution in [0.15, 0.2) is 18.2 Å². The highest BCUT2D eigenvalue weighted by atomic mass is 32.2. The van der Waals surface area contributed by atoms with Gasteiger partial charge in [-0.3, -0.25) is 0 Å². The van der Waals surface area contributed by atoms with Crippen molar-refractivity contribution in [1.29, 1.82) is 0 Å². The van der Waals surface area contributed by atoms with Crippen molar-refractivity contribution in [1.82, 2.24) is 0 Å². The smallest absolute Gasteiger partial charge is 0.0602 e. The van der Waals surface area contributed by atoms with E-state index in [9.17, 15) is 0 Å². The second kappa shape index (κ2) is 4.79. The van der Waals surface area contributed by atoms with E-state index in [4.69, 9.17) is 5.73 Å². The van der Waals surface area contributed by atoms with Crippen molar-refractivity contribution < 1.29 is 0 Å². The number of aryl methyl sites for hydroxylation is 1. The standard InChI is InChI=1S/C12H18N2S/c1-10-3-4-11(13)12(9-10)14-5-2-7-15-8-6-14/h3-4,9H,2,5-8,13H2,1H3. The highest BCUT2D eigenvalue weighted by Crippen LogP contribution is 2.26. The van der Waals surface area contributed by atoms with Crippen molar-refractivity contribution in [2.75, 3.05) is 35.2 Å². The maximum atomic E-state index is 6.02. The molecule has 0 bridgehead atoms. The Labute approximate surface area is 95.8 Å². The Hall–Kier alpha value is -0.830. The minimum atomic E-state index is 0.910. The van der Waals surface area contributed by atoms with Gasteiger partial charge in [-0.25, -0.2) is 0 Å². The van der Waals surface area contributed by atoms with Crippen LogP contribution in [0.25, 0.3) is 0 Å². The molecule has 1 saturated heterocycles. The third-order valence-corrected chi connectivity index (χ3v) is 3.80. The average Bonchev–Trinajstić information content (AvgIpc) is 2.50. The Bertz CT molecular complexity index is 330. The minimum absolute atomic E-state index is 0.910. The van der Waals surface area contributed by atoms with Crippen LogP contribution in [0, 0.1) is 6.92 Å². The molecule has 82 valence electrons. The molecule has 0 unspecified atom stereocenters. The van der Waals surface area contributed by atoms with Crippen molar-refractivity contribution in [3.05, 3.63) is 23.8 Å². The van der Waals surface area contributed by atoms with Gasteiger partial charge in [0.1, 0.15) is 0 Å². The molecule has 1 aliphatic heterocycles. The molecule has 1 aromatic carbocycles. The number of thioether (sulfide) groups is 1. The van der Waals surface area contributed by atoms with Gasteiger partial charge < -0.3 is 10.6 Å². The highest BCUT2D eigenvalue weighted by Gasteiger charge is 2.12. The van der Waals surface area contributed by atoms with Crippen LogP contribution < -0.4 is 10.6 Å². The van der Waals surface area contributed by atoms with Gasteiger partial charge in [0.2, 0.25) is 0 Å². The first-order chi connectivity index (χ1) is 7.27. The number of hydrogen-bond acceptors (Lipinski definition) is 3. The molecular weight excluding hydrogens is 204 g/mol. The Kier molecular flexibility index (Phi) is 3.41. The monoisotopic (exact) mass is 222 g/mol. The maximum Gasteiger partial charge on any atom is 0.0602 e.